The predicted octanol–water partition coefficient (Wildman–Crippen LogP) is 3.30. The normalized spacial score (nSPS) is 9.95. The highest BCUT2D eigenvalue weighted by atomic mass is 16.2. The standard InChI is InChI=1S/C15H23N3O2/c1-4-9-18(10-5-2)15(20)17-14-8-6-7-13(11-14)16-12(3)19/h6-8,11H,4-5,9-10H2,1-3H3,(H,16,19)(H,17,20). The van der Waals surface area contributed by atoms with Crippen LogP contribution in [-0.4, -0.2) is 29.9 Å². The van der Waals surface area contributed by atoms with E-state index in [2.05, 4.69) is 10.6 Å². The second-order valence-electron chi connectivity index (χ2n) is 4.68. The Balaban J connectivity index is 2.70. The summed E-state index contributed by atoms with van der Waals surface area (Å²) in [5.74, 6) is -0.132. The van der Waals surface area contributed by atoms with E-state index in [1.54, 1.807) is 29.2 Å². The number of carbonyl (C=O) groups is 2. The fraction of sp³-hybridized carbons (Fsp3) is 0.467. The molecule has 0 saturated carbocycles. The molecule has 1 aromatic carbocycles. The van der Waals surface area contributed by atoms with Crippen LogP contribution in [0.5, 0.6) is 0 Å². The molecule has 0 aliphatic rings. The number of anilines is 2. The molecule has 0 atom stereocenters. The molecule has 0 radical (unpaired) electrons. The molecule has 5 nitrogen and oxygen atoms in total. The highest BCUT2D eigenvalue weighted by Crippen LogP contribution is 2.15. The van der Waals surface area contributed by atoms with Gasteiger partial charge in [-0.3, -0.25) is 4.79 Å². The van der Waals surface area contributed by atoms with Gasteiger partial charge in [-0.2, -0.15) is 0 Å². The molecular weight excluding hydrogens is 254 g/mol. The van der Waals surface area contributed by atoms with Crippen molar-refractivity contribution in [2.45, 2.75) is 33.6 Å². The number of nitrogens with one attached hydrogen (secondary N) is 2. The Morgan fingerprint density at radius 3 is 2.10 bits per heavy atom. The van der Waals surface area contributed by atoms with Crippen molar-refractivity contribution in [3.8, 4) is 0 Å². The van der Waals surface area contributed by atoms with Crippen LogP contribution in [-0.2, 0) is 4.79 Å². The zero-order valence-corrected chi connectivity index (χ0v) is 12.4. The van der Waals surface area contributed by atoms with Crippen LogP contribution in [0.25, 0.3) is 0 Å². The summed E-state index contributed by atoms with van der Waals surface area (Å²) in [6.07, 6.45) is 1.86. The maximum Gasteiger partial charge on any atom is 0.321 e. The predicted molar refractivity (Wildman–Crippen MR) is 81.9 cm³/mol. The maximum absolute atomic E-state index is 12.2. The van der Waals surface area contributed by atoms with Crippen LogP contribution in [0.3, 0.4) is 0 Å². The van der Waals surface area contributed by atoms with E-state index in [1.807, 2.05) is 13.8 Å². The maximum atomic E-state index is 12.2. The summed E-state index contributed by atoms with van der Waals surface area (Å²) in [6, 6.07) is 7.03. The van der Waals surface area contributed by atoms with Crippen molar-refractivity contribution in [3.63, 3.8) is 0 Å². The summed E-state index contributed by atoms with van der Waals surface area (Å²) in [6.45, 7) is 7.03. The molecule has 0 saturated heterocycles. The molecule has 2 N–H and O–H groups in total. The lowest BCUT2D eigenvalue weighted by atomic mass is 10.2. The van der Waals surface area contributed by atoms with Crippen LogP contribution in [0.2, 0.25) is 0 Å². The van der Waals surface area contributed by atoms with Gasteiger partial charge in [0.1, 0.15) is 0 Å². The van der Waals surface area contributed by atoms with Gasteiger partial charge < -0.3 is 15.5 Å². The summed E-state index contributed by atoms with van der Waals surface area (Å²) in [5, 5.41) is 5.56. The third kappa shape index (κ3) is 5.30. The molecule has 5 heteroatoms. The smallest absolute Gasteiger partial charge is 0.321 e. The van der Waals surface area contributed by atoms with Gasteiger partial charge in [0.15, 0.2) is 0 Å². The molecule has 0 bridgehead atoms. The fourth-order valence-corrected chi connectivity index (χ4v) is 1.94. The van der Waals surface area contributed by atoms with Gasteiger partial charge in [-0.1, -0.05) is 19.9 Å². The van der Waals surface area contributed by atoms with Gasteiger partial charge in [0.05, 0.1) is 0 Å². The number of rotatable bonds is 6. The lowest BCUT2D eigenvalue weighted by molar-refractivity contribution is -0.114. The van der Waals surface area contributed by atoms with E-state index in [1.165, 1.54) is 6.92 Å². The molecule has 0 fully saturated rings. The summed E-state index contributed by atoms with van der Waals surface area (Å²) >= 11 is 0. The van der Waals surface area contributed by atoms with Crippen LogP contribution in [0, 0.1) is 0 Å². The number of nitrogens with zero attached hydrogens (tertiary/aromatic N) is 1. The van der Waals surface area contributed by atoms with Gasteiger partial charge in [0.25, 0.3) is 0 Å². The first-order valence-electron chi connectivity index (χ1n) is 7.00. The van der Waals surface area contributed by atoms with Gasteiger partial charge in [0, 0.05) is 31.4 Å². The first-order chi connectivity index (χ1) is 9.56. The van der Waals surface area contributed by atoms with Gasteiger partial charge in [-0.25, -0.2) is 4.79 Å². The number of benzene rings is 1. The Bertz CT molecular complexity index is 454. The SMILES string of the molecule is CCCN(CCC)C(=O)Nc1cccc(NC(C)=O)c1. The van der Waals surface area contributed by atoms with Crippen LogP contribution in [0.4, 0.5) is 16.2 Å². The third-order valence-electron chi connectivity index (χ3n) is 2.71. The average molecular weight is 277 g/mol. The molecule has 0 aromatic heterocycles. The van der Waals surface area contributed by atoms with E-state index in [0.717, 1.165) is 25.9 Å². The first kappa shape index (κ1) is 16.0. The summed E-state index contributed by atoms with van der Waals surface area (Å²) in [4.78, 5) is 25.0. The van der Waals surface area contributed by atoms with Crippen LogP contribution in [0.1, 0.15) is 33.6 Å². The number of urea groups is 1. The zero-order chi connectivity index (χ0) is 15.0. The quantitative estimate of drug-likeness (QED) is 0.838. The highest BCUT2D eigenvalue weighted by molar-refractivity contribution is 5.92. The van der Waals surface area contributed by atoms with Crippen molar-refractivity contribution in [3.05, 3.63) is 24.3 Å². The van der Waals surface area contributed by atoms with E-state index in [4.69, 9.17) is 0 Å². The molecule has 1 aromatic rings. The molecular formula is C15H23N3O2. The minimum absolute atomic E-state index is 0.103. The molecule has 20 heavy (non-hydrogen) atoms. The zero-order valence-electron chi connectivity index (χ0n) is 12.4. The van der Waals surface area contributed by atoms with E-state index in [-0.39, 0.29) is 11.9 Å². The number of carbonyl (C=O) groups excluding carboxylic acids is 2. The van der Waals surface area contributed by atoms with Crippen molar-refractivity contribution in [2.24, 2.45) is 0 Å². The summed E-state index contributed by atoms with van der Waals surface area (Å²) < 4.78 is 0. The second-order valence-corrected chi connectivity index (χ2v) is 4.68. The Morgan fingerprint density at radius 1 is 1.05 bits per heavy atom. The van der Waals surface area contributed by atoms with Crippen molar-refractivity contribution in [1.82, 2.24) is 4.90 Å². The van der Waals surface area contributed by atoms with Gasteiger partial charge in [-0.05, 0) is 31.0 Å². The summed E-state index contributed by atoms with van der Waals surface area (Å²) in [5.41, 5.74) is 1.35. The monoisotopic (exact) mass is 277 g/mol. The Morgan fingerprint density at radius 2 is 1.60 bits per heavy atom. The lowest BCUT2D eigenvalue weighted by Gasteiger charge is -2.22. The van der Waals surface area contributed by atoms with Crippen molar-refractivity contribution in [1.29, 1.82) is 0 Å². The van der Waals surface area contributed by atoms with Gasteiger partial charge in [0.2, 0.25) is 5.91 Å². The van der Waals surface area contributed by atoms with Crippen LogP contribution < -0.4 is 10.6 Å². The lowest BCUT2D eigenvalue weighted by Crippen LogP contribution is -2.36. The third-order valence-corrected chi connectivity index (χ3v) is 2.71. The highest BCUT2D eigenvalue weighted by Gasteiger charge is 2.11. The van der Waals surface area contributed by atoms with E-state index < -0.39 is 0 Å². The first-order valence-corrected chi connectivity index (χ1v) is 7.00. The average Bonchev–Trinajstić information content (AvgIpc) is 2.38. The fourth-order valence-electron chi connectivity index (χ4n) is 1.94. The Hall–Kier alpha value is -2.04. The second kappa shape index (κ2) is 8.19. The molecule has 3 amide bonds. The van der Waals surface area contributed by atoms with Crippen molar-refractivity contribution < 1.29 is 9.59 Å². The minimum Gasteiger partial charge on any atom is -0.326 e. The number of amides is 3. The molecule has 110 valence electrons. The minimum atomic E-state index is -0.132. The van der Waals surface area contributed by atoms with Crippen molar-refractivity contribution >= 4 is 23.3 Å². The topological polar surface area (TPSA) is 61.4 Å². The number of hydrogen-bond acceptors (Lipinski definition) is 2. The van der Waals surface area contributed by atoms with Gasteiger partial charge >= 0.3 is 6.03 Å². The van der Waals surface area contributed by atoms with Crippen molar-refractivity contribution in [2.75, 3.05) is 23.7 Å². The molecule has 0 spiro atoms. The Labute approximate surface area is 120 Å². The molecule has 0 aliphatic heterocycles. The molecule has 0 unspecified atom stereocenters. The van der Waals surface area contributed by atoms with E-state index in [0.29, 0.717) is 11.4 Å². The summed E-state index contributed by atoms with van der Waals surface area (Å²) in [7, 11) is 0. The van der Waals surface area contributed by atoms with Crippen LogP contribution in [0.15, 0.2) is 24.3 Å². The Kier molecular flexibility index (Phi) is 6.56. The molecule has 0 heterocycles. The molecule has 1 rings (SSSR count). The largest absolute Gasteiger partial charge is 0.326 e. The van der Waals surface area contributed by atoms with E-state index >= 15 is 0 Å². The number of hydrogen-bond donors (Lipinski definition) is 2. The van der Waals surface area contributed by atoms with Gasteiger partial charge in [-0.15, -0.1) is 0 Å². The van der Waals surface area contributed by atoms with E-state index in [9.17, 15) is 9.59 Å². The molecule has 0 aliphatic carbocycles. The van der Waals surface area contributed by atoms with Crippen LogP contribution >= 0.6 is 0 Å².